The van der Waals surface area contributed by atoms with E-state index in [0.717, 1.165) is 22.9 Å². The summed E-state index contributed by atoms with van der Waals surface area (Å²) in [6.45, 7) is 4.96. The van der Waals surface area contributed by atoms with Crippen LogP contribution >= 0.6 is 0 Å². The Morgan fingerprint density at radius 1 is 0.474 bits per heavy atom. The van der Waals surface area contributed by atoms with Crippen LogP contribution in [0.4, 0.5) is 0 Å². The molecule has 1 saturated carbocycles. The number of nitrogens with zero attached hydrogens (tertiary/aromatic N) is 1. The average Bonchev–Trinajstić information content (AvgIpc) is 2.92. The van der Waals surface area contributed by atoms with Crippen molar-refractivity contribution in [3.05, 3.63) is 89.2 Å². The van der Waals surface area contributed by atoms with E-state index in [-0.39, 0.29) is 0 Å². The van der Waals surface area contributed by atoms with Gasteiger partial charge >= 0.3 is 0 Å². The fourth-order valence-electron chi connectivity index (χ4n) is 4.84. The van der Waals surface area contributed by atoms with Gasteiger partial charge in [-0.2, -0.15) is 0 Å². The molecular formula is C31H37NO6. The minimum Gasteiger partial charge on any atom is -0.491 e. The molecule has 4 heterocycles. The maximum atomic E-state index is 5.86. The Labute approximate surface area is 225 Å². The van der Waals surface area contributed by atoms with Gasteiger partial charge in [0, 0.05) is 0 Å². The van der Waals surface area contributed by atoms with Crippen LogP contribution in [0.2, 0.25) is 0 Å². The molecule has 2 aromatic carbocycles. The van der Waals surface area contributed by atoms with Crippen molar-refractivity contribution in [2.45, 2.75) is 37.9 Å². The van der Waals surface area contributed by atoms with E-state index in [1.54, 1.807) is 0 Å². The smallest absolute Gasteiger partial charge is 0.119 e. The highest BCUT2D eigenvalue weighted by Gasteiger charge is 2.33. The Kier molecular flexibility index (Phi) is 9.99. The van der Waals surface area contributed by atoms with Gasteiger partial charge in [0.25, 0.3) is 0 Å². The molecule has 0 saturated heterocycles. The second kappa shape index (κ2) is 14.3. The number of ether oxygens (including phenoxy) is 6. The normalized spacial score (nSPS) is 22.0. The van der Waals surface area contributed by atoms with Crippen LogP contribution in [-0.4, -0.2) is 57.8 Å². The van der Waals surface area contributed by atoms with Crippen molar-refractivity contribution in [3.63, 3.8) is 0 Å². The van der Waals surface area contributed by atoms with Crippen molar-refractivity contribution >= 4 is 0 Å². The van der Waals surface area contributed by atoms with Crippen LogP contribution in [0.15, 0.2) is 66.7 Å². The molecule has 1 aromatic heterocycles. The third-order valence-electron chi connectivity index (χ3n) is 6.99. The summed E-state index contributed by atoms with van der Waals surface area (Å²) in [7, 11) is 0. The lowest BCUT2D eigenvalue weighted by Crippen LogP contribution is -2.21. The van der Waals surface area contributed by atoms with E-state index in [4.69, 9.17) is 28.4 Å². The Morgan fingerprint density at radius 3 is 1.34 bits per heavy atom. The number of hydrogen-bond acceptors (Lipinski definition) is 7. The third kappa shape index (κ3) is 7.77. The highest BCUT2D eigenvalue weighted by Crippen LogP contribution is 2.49. The van der Waals surface area contributed by atoms with Gasteiger partial charge in [-0.05, 0) is 72.2 Å². The molecule has 7 heteroatoms. The molecule has 4 aliphatic rings. The van der Waals surface area contributed by atoms with Crippen molar-refractivity contribution < 1.29 is 28.4 Å². The van der Waals surface area contributed by atoms with Gasteiger partial charge in [0.15, 0.2) is 0 Å². The predicted octanol–water partition coefficient (Wildman–Crippen LogP) is 5.28. The van der Waals surface area contributed by atoms with Gasteiger partial charge in [0.2, 0.25) is 0 Å². The Bertz CT molecular complexity index is 1020. The van der Waals surface area contributed by atoms with Crippen LogP contribution in [0, 0.1) is 0 Å². The lowest BCUT2D eigenvalue weighted by molar-refractivity contribution is 0.0270. The molecule has 38 heavy (non-hydrogen) atoms. The summed E-state index contributed by atoms with van der Waals surface area (Å²) in [6.07, 6.45) is 2.42. The van der Waals surface area contributed by atoms with E-state index < -0.39 is 0 Å². The maximum Gasteiger partial charge on any atom is 0.119 e. The Balaban J connectivity index is 1.16. The minimum absolute atomic E-state index is 0.438. The van der Waals surface area contributed by atoms with E-state index in [1.165, 1.54) is 24.0 Å². The zero-order chi connectivity index (χ0) is 25.8. The first kappa shape index (κ1) is 26.6. The second-order valence-corrected chi connectivity index (χ2v) is 9.58. The van der Waals surface area contributed by atoms with Gasteiger partial charge in [-0.1, -0.05) is 30.3 Å². The summed E-state index contributed by atoms with van der Waals surface area (Å²) in [6, 6.07) is 22.9. The molecule has 1 aliphatic carbocycles. The summed E-state index contributed by atoms with van der Waals surface area (Å²) >= 11 is 0. The average molecular weight is 520 g/mol. The van der Waals surface area contributed by atoms with Crippen molar-refractivity contribution in [2.24, 2.45) is 0 Å². The Morgan fingerprint density at radius 2 is 0.895 bits per heavy atom. The van der Waals surface area contributed by atoms with Gasteiger partial charge in [-0.3, -0.25) is 4.98 Å². The summed E-state index contributed by atoms with van der Waals surface area (Å²) in [4.78, 5) is 4.59. The highest BCUT2D eigenvalue weighted by atomic mass is 16.5. The zero-order valence-corrected chi connectivity index (χ0v) is 21.9. The number of rotatable bonds is 0. The molecule has 1 fully saturated rings. The van der Waals surface area contributed by atoms with E-state index in [1.807, 2.05) is 18.2 Å². The fourth-order valence-corrected chi connectivity index (χ4v) is 4.84. The van der Waals surface area contributed by atoms with Gasteiger partial charge in [-0.15, -0.1) is 0 Å². The molecule has 202 valence electrons. The lowest BCUT2D eigenvalue weighted by Gasteiger charge is -2.37. The van der Waals surface area contributed by atoms with E-state index in [9.17, 15) is 0 Å². The molecule has 0 amide bonds. The second-order valence-electron chi connectivity index (χ2n) is 9.58. The van der Waals surface area contributed by atoms with Crippen molar-refractivity contribution in [1.82, 2.24) is 4.98 Å². The first-order valence-electron chi connectivity index (χ1n) is 13.6. The van der Waals surface area contributed by atoms with E-state index in [2.05, 4.69) is 53.5 Å². The number of pyridine rings is 1. The molecule has 2 atom stereocenters. The summed E-state index contributed by atoms with van der Waals surface area (Å²) in [5, 5.41) is 0. The first-order valence-corrected chi connectivity index (χ1v) is 13.6. The molecule has 7 nitrogen and oxygen atoms in total. The van der Waals surface area contributed by atoms with E-state index in [0.29, 0.717) is 77.9 Å². The molecule has 3 aliphatic heterocycles. The zero-order valence-electron chi connectivity index (χ0n) is 21.9. The number of fused-ring (bicyclic) bond motifs is 2. The monoisotopic (exact) mass is 519 g/mol. The topological polar surface area (TPSA) is 68.3 Å². The van der Waals surface area contributed by atoms with Crippen LogP contribution < -0.4 is 9.47 Å². The molecule has 0 radical (unpaired) electrons. The first-order chi connectivity index (χ1) is 18.8. The Hall–Kier alpha value is -2.97. The standard InChI is InChI=1S/C31H37NO6/c1-2-26-22-35-16-14-33-18-20-37-28-8-4-24(5-9-28)30-12-13-31(30)25-6-10-29(11-7-25)38-21-19-34-15-17-36-23-27(3-1)32-26/h1-11,30-31H,12-23H2/t30-,31+. The van der Waals surface area contributed by atoms with Crippen molar-refractivity contribution in [3.8, 4) is 11.5 Å². The lowest BCUT2D eigenvalue weighted by atomic mass is 9.67. The van der Waals surface area contributed by atoms with Crippen LogP contribution in [0.1, 0.15) is 47.2 Å². The molecule has 0 spiro atoms. The number of hydrogen-bond donors (Lipinski definition) is 0. The van der Waals surface area contributed by atoms with Gasteiger partial charge in [0.1, 0.15) is 24.7 Å². The summed E-state index contributed by atoms with van der Waals surface area (Å²) in [5.74, 6) is 2.83. The van der Waals surface area contributed by atoms with Crippen LogP contribution in [-0.2, 0) is 32.2 Å². The number of benzene rings is 2. The summed E-state index contributed by atoms with van der Waals surface area (Å²) < 4.78 is 34.5. The van der Waals surface area contributed by atoms with E-state index >= 15 is 0 Å². The third-order valence-corrected chi connectivity index (χ3v) is 6.99. The molecule has 0 N–H and O–H groups in total. The fraction of sp³-hybridized carbons (Fsp3) is 0.452. The van der Waals surface area contributed by atoms with Crippen LogP contribution in [0.5, 0.6) is 11.5 Å². The van der Waals surface area contributed by atoms with Crippen LogP contribution in [0.25, 0.3) is 0 Å². The SMILES string of the molecule is c1cc2nc(c1)COCCOCCOc1ccc(cc1)[C@@H]1CC[C@@H]1c1ccc(cc1)OCCOCCOC2. The maximum absolute atomic E-state index is 5.86. The molecule has 3 aromatic rings. The highest BCUT2D eigenvalue weighted by molar-refractivity contribution is 5.37. The largest absolute Gasteiger partial charge is 0.491 e. The van der Waals surface area contributed by atoms with Crippen LogP contribution in [0.3, 0.4) is 0 Å². The summed E-state index contributed by atoms with van der Waals surface area (Å²) in [5.41, 5.74) is 4.48. The number of aromatic nitrogens is 1. The minimum atomic E-state index is 0.438. The molecule has 0 unspecified atom stereocenters. The molecular weight excluding hydrogens is 482 g/mol. The van der Waals surface area contributed by atoms with Gasteiger partial charge in [-0.25, -0.2) is 0 Å². The molecule has 7 rings (SSSR count). The van der Waals surface area contributed by atoms with Gasteiger partial charge < -0.3 is 28.4 Å². The predicted molar refractivity (Wildman–Crippen MR) is 144 cm³/mol. The van der Waals surface area contributed by atoms with Gasteiger partial charge in [0.05, 0.1) is 64.2 Å². The van der Waals surface area contributed by atoms with Crippen molar-refractivity contribution in [1.29, 1.82) is 0 Å². The molecule has 6 bridgehead atoms. The van der Waals surface area contributed by atoms with Crippen molar-refractivity contribution in [2.75, 3.05) is 52.9 Å². The quantitative estimate of drug-likeness (QED) is 0.400.